The van der Waals surface area contributed by atoms with Crippen molar-refractivity contribution in [3.63, 3.8) is 0 Å². The van der Waals surface area contributed by atoms with Crippen LogP contribution in [0.5, 0.6) is 0 Å². The third-order valence-electron chi connectivity index (χ3n) is 4.16. The third-order valence-corrected chi connectivity index (χ3v) is 4.16. The molecule has 1 aromatic heterocycles. The van der Waals surface area contributed by atoms with Gasteiger partial charge < -0.3 is 15.1 Å². The van der Waals surface area contributed by atoms with E-state index in [0.717, 1.165) is 13.0 Å². The highest BCUT2D eigenvalue weighted by Crippen LogP contribution is 2.14. The van der Waals surface area contributed by atoms with E-state index in [2.05, 4.69) is 47.6 Å². The maximum atomic E-state index is 4.27. The van der Waals surface area contributed by atoms with Gasteiger partial charge in [0, 0.05) is 31.9 Å². The molecule has 2 atom stereocenters. The standard InChI is InChI=1S/C14H27N5/c1-15-13(8-12-9-16-19(4)10-12)14-11-17(2)6-5-7-18(14)3/h9-10,13-15H,5-8,11H2,1-4H3. The average Bonchev–Trinajstić information content (AvgIpc) is 2.70. The fraction of sp³-hybridized carbons (Fsp3) is 0.786. The number of nitrogens with one attached hydrogen (secondary N) is 1. The zero-order valence-corrected chi connectivity index (χ0v) is 12.6. The fourth-order valence-corrected chi connectivity index (χ4v) is 3.00. The summed E-state index contributed by atoms with van der Waals surface area (Å²) < 4.78 is 1.88. The molecule has 1 aromatic rings. The van der Waals surface area contributed by atoms with Crippen molar-refractivity contribution in [2.45, 2.75) is 24.9 Å². The molecule has 5 nitrogen and oxygen atoms in total. The Balaban J connectivity index is 2.06. The minimum Gasteiger partial charge on any atom is -0.315 e. The molecule has 0 bridgehead atoms. The van der Waals surface area contributed by atoms with Crippen LogP contribution < -0.4 is 5.32 Å². The van der Waals surface area contributed by atoms with Gasteiger partial charge in [-0.15, -0.1) is 0 Å². The molecule has 19 heavy (non-hydrogen) atoms. The number of hydrogen-bond donors (Lipinski definition) is 1. The van der Waals surface area contributed by atoms with Crippen LogP contribution in [0.25, 0.3) is 0 Å². The summed E-state index contributed by atoms with van der Waals surface area (Å²) in [4.78, 5) is 4.95. The predicted molar refractivity (Wildman–Crippen MR) is 78.3 cm³/mol. The highest BCUT2D eigenvalue weighted by atomic mass is 15.2. The van der Waals surface area contributed by atoms with Gasteiger partial charge in [0.05, 0.1) is 6.20 Å². The van der Waals surface area contributed by atoms with Crippen LogP contribution in [-0.2, 0) is 13.5 Å². The Bertz CT molecular complexity index is 389. The van der Waals surface area contributed by atoms with Gasteiger partial charge in [-0.3, -0.25) is 4.68 Å². The highest BCUT2D eigenvalue weighted by molar-refractivity contribution is 5.08. The van der Waals surface area contributed by atoms with E-state index in [1.54, 1.807) is 0 Å². The molecule has 1 N–H and O–H groups in total. The molecule has 108 valence electrons. The van der Waals surface area contributed by atoms with Crippen LogP contribution in [0.4, 0.5) is 0 Å². The van der Waals surface area contributed by atoms with Gasteiger partial charge in [0.15, 0.2) is 0 Å². The molecule has 5 heteroatoms. The molecule has 1 aliphatic rings. The largest absolute Gasteiger partial charge is 0.315 e. The van der Waals surface area contributed by atoms with Crippen molar-refractivity contribution in [1.29, 1.82) is 0 Å². The molecule has 1 aliphatic heterocycles. The lowest BCUT2D eigenvalue weighted by molar-refractivity contribution is 0.181. The lowest BCUT2D eigenvalue weighted by Gasteiger charge is -2.34. The second-order valence-corrected chi connectivity index (χ2v) is 5.79. The second kappa shape index (κ2) is 6.50. The van der Waals surface area contributed by atoms with Crippen molar-refractivity contribution in [1.82, 2.24) is 24.9 Å². The summed E-state index contributed by atoms with van der Waals surface area (Å²) in [6.07, 6.45) is 6.38. The second-order valence-electron chi connectivity index (χ2n) is 5.79. The summed E-state index contributed by atoms with van der Waals surface area (Å²) in [6.45, 7) is 3.51. The van der Waals surface area contributed by atoms with Gasteiger partial charge in [-0.25, -0.2) is 0 Å². The molecule has 0 saturated carbocycles. The van der Waals surface area contributed by atoms with Gasteiger partial charge in [-0.2, -0.15) is 5.10 Å². The van der Waals surface area contributed by atoms with E-state index in [4.69, 9.17) is 0 Å². The van der Waals surface area contributed by atoms with Crippen LogP contribution >= 0.6 is 0 Å². The highest BCUT2D eigenvalue weighted by Gasteiger charge is 2.27. The Morgan fingerprint density at radius 2 is 2.16 bits per heavy atom. The van der Waals surface area contributed by atoms with Gasteiger partial charge in [0.25, 0.3) is 0 Å². The first kappa shape index (κ1) is 14.5. The Kier molecular flexibility index (Phi) is 4.96. The Morgan fingerprint density at radius 1 is 1.37 bits per heavy atom. The number of nitrogens with zero attached hydrogens (tertiary/aromatic N) is 4. The topological polar surface area (TPSA) is 36.3 Å². The zero-order chi connectivity index (χ0) is 13.8. The predicted octanol–water partition coefficient (Wildman–Crippen LogP) is 0.187. The lowest BCUT2D eigenvalue weighted by atomic mass is 10.00. The van der Waals surface area contributed by atoms with Crippen molar-refractivity contribution in [3.05, 3.63) is 18.0 Å². The Morgan fingerprint density at radius 3 is 2.79 bits per heavy atom. The fourth-order valence-electron chi connectivity index (χ4n) is 3.00. The van der Waals surface area contributed by atoms with E-state index in [1.807, 2.05) is 17.9 Å². The molecule has 0 spiro atoms. The number of hydrogen-bond acceptors (Lipinski definition) is 4. The van der Waals surface area contributed by atoms with E-state index in [-0.39, 0.29) is 0 Å². The summed E-state index contributed by atoms with van der Waals surface area (Å²) in [5, 5.41) is 7.77. The summed E-state index contributed by atoms with van der Waals surface area (Å²) in [6, 6.07) is 1.02. The summed E-state index contributed by atoms with van der Waals surface area (Å²) in [5.74, 6) is 0. The Hall–Kier alpha value is -0.910. The van der Waals surface area contributed by atoms with Crippen LogP contribution in [0.15, 0.2) is 12.4 Å². The molecule has 2 rings (SSSR count). The molecule has 0 aromatic carbocycles. The van der Waals surface area contributed by atoms with Crippen molar-refractivity contribution >= 4 is 0 Å². The molecule has 1 saturated heterocycles. The maximum absolute atomic E-state index is 4.27. The smallest absolute Gasteiger partial charge is 0.0522 e. The molecule has 1 fully saturated rings. The number of likely N-dealkylation sites (N-methyl/N-ethyl adjacent to an activating group) is 3. The van der Waals surface area contributed by atoms with Gasteiger partial charge >= 0.3 is 0 Å². The molecule has 2 heterocycles. The van der Waals surface area contributed by atoms with Crippen LogP contribution in [0.2, 0.25) is 0 Å². The SMILES string of the molecule is CNC(Cc1cnn(C)c1)C1CN(C)CCCN1C. The van der Waals surface area contributed by atoms with Crippen LogP contribution in [0, 0.1) is 0 Å². The van der Waals surface area contributed by atoms with Gasteiger partial charge in [-0.05, 0) is 52.6 Å². The van der Waals surface area contributed by atoms with E-state index in [9.17, 15) is 0 Å². The zero-order valence-electron chi connectivity index (χ0n) is 12.6. The van der Waals surface area contributed by atoms with Crippen LogP contribution in [0.3, 0.4) is 0 Å². The van der Waals surface area contributed by atoms with E-state index in [0.29, 0.717) is 12.1 Å². The Labute approximate surface area is 116 Å². The van der Waals surface area contributed by atoms with Gasteiger partial charge in [0.1, 0.15) is 0 Å². The number of aromatic nitrogens is 2. The quantitative estimate of drug-likeness (QED) is 0.843. The molecule has 0 aliphatic carbocycles. The monoisotopic (exact) mass is 265 g/mol. The lowest BCUT2D eigenvalue weighted by Crippen LogP contribution is -2.52. The summed E-state index contributed by atoms with van der Waals surface area (Å²) in [7, 11) is 8.52. The molecular formula is C14H27N5. The van der Waals surface area contributed by atoms with Gasteiger partial charge in [0.2, 0.25) is 0 Å². The van der Waals surface area contributed by atoms with Crippen molar-refractivity contribution in [2.75, 3.05) is 40.8 Å². The van der Waals surface area contributed by atoms with Crippen LogP contribution in [-0.4, -0.2) is 72.4 Å². The van der Waals surface area contributed by atoms with Crippen molar-refractivity contribution in [3.8, 4) is 0 Å². The molecular weight excluding hydrogens is 238 g/mol. The first-order valence-corrected chi connectivity index (χ1v) is 7.13. The number of aryl methyl sites for hydroxylation is 1. The number of rotatable bonds is 4. The van der Waals surface area contributed by atoms with Crippen LogP contribution in [0.1, 0.15) is 12.0 Å². The minimum absolute atomic E-state index is 0.467. The average molecular weight is 265 g/mol. The van der Waals surface area contributed by atoms with Crippen molar-refractivity contribution < 1.29 is 0 Å². The third kappa shape index (κ3) is 3.78. The summed E-state index contributed by atoms with van der Waals surface area (Å²) in [5.41, 5.74) is 1.31. The molecule has 0 radical (unpaired) electrons. The minimum atomic E-state index is 0.467. The van der Waals surface area contributed by atoms with Gasteiger partial charge in [-0.1, -0.05) is 0 Å². The normalized spacial score (nSPS) is 24.3. The summed E-state index contributed by atoms with van der Waals surface area (Å²) >= 11 is 0. The van der Waals surface area contributed by atoms with E-state index in [1.165, 1.54) is 25.1 Å². The molecule has 2 unspecified atom stereocenters. The molecule has 0 amide bonds. The van der Waals surface area contributed by atoms with Crippen molar-refractivity contribution in [2.24, 2.45) is 7.05 Å². The van der Waals surface area contributed by atoms with E-state index >= 15 is 0 Å². The first-order chi connectivity index (χ1) is 9.10. The first-order valence-electron chi connectivity index (χ1n) is 7.13. The maximum Gasteiger partial charge on any atom is 0.0522 e. The van der Waals surface area contributed by atoms with E-state index < -0.39 is 0 Å².